The summed E-state index contributed by atoms with van der Waals surface area (Å²) in [6.07, 6.45) is 0. The van der Waals surface area contributed by atoms with Gasteiger partial charge in [-0.05, 0) is 38.6 Å². The van der Waals surface area contributed by atoms with Gasteiger partial charge in [-0.1, -0.05) is 31.2 Å². The number of benzene rings is 1. The number of nitrogens with one attached hydrogen (secondary N) is 1. The molecule has 2 heteroatoms. The van der Waals surface area contributed by atoms with E-state index >= 15 is 0 Å². The highest BCUT2D eigenvalue weighted by atomic mass is 15.1. The Morgan fingerprint density at radius 2 is 1.94 bits per heavy atom. The van der Waals surface area contributed by atoms with Crippen LogP contribution in [0.25, 0.3) is 0 Å². The lowest BCUT2D eigenvalue weighted by atomic mass is 10.1. The van der Waals surface area contributed by atoms with E-state index in [0.29, 0.717) is 6.04 Å². The average Bonchev–Trinajstić information content (AvgIpc) is 2.26. The molecule has 1 N–H and O–H groups in total. The van der Waals surface area contributed by atoms with Crippen LogP contribution in [0.5, 0.6) is 0 Å². The van der Waals surface area contributed by atoms with Crippen molar-refractivity contribution >= 4 is 0 Å². The van der Waals surface area contributed by atoms with Crippen molar-refractivity contribution < 1.29 is 0 Å². The predicted octanol–water partition coefficient (Wildman–Crippen LogP) is 2.64. The molecular weight excluding hydrogens is 196 g/mol. The van der Waals surface area contributed by atoms with Gasteiger partial charge in [-0.3, -0.25) is 4.90 Å². The quantitative estimate of drug-likeness (QED) is 0.793. The van der Waals surface area contributed by atoms with Crippen LogP contribution < -0.4 is 5.32 Å². The van der Waals surface area contributed by atoms with Crippen LogP contribution in [0.15, 0.2) is 24.3 Å². The van der Waals surface area contributed by atoms with Crippen molar-refractivity contribution in [3.8, 4) is 0 Å². The van der Waals surface area contributed by atoms with Gasteiger partial charge in [-0.25, -0.2) is 0 Å². The van der Waals surface area contributed by atoms with Gasteiger partial charge in [0, 0.05) is 19.1 Å². The zero-order valence-electron chi connectivity index (χ0n) is 11.0. The number of hydrogen-bond acceptors (Lipinski definition) is 2. The van der Waals surface area contributed by atoms with Crippen molar-refractivity contribution in [1.29, 1.82) is 0 Å². The third kappa shape index (κ3) is 3.95. The summed E-state index contributed by atoms with van der Waals surface area (Å²) < 4.78 is 0. The standard InChI is InChI=1S/C14H24N2/c1-5-16(12(2)3)11-14-8-6-7-13(9-14)10-15-4/h6-9,12,15H,5,10-11H2,1-4H3. The molecule has 0 radical (unpaired) electrons. The molecule has 0 aliphatic carbocycles. The molecule has 0 amide bonds. The summed E-state index contributed by atoms with van der Waals surface area (Å²) in [5.41, 5.74) is 2.77. The fourth-order valence-electron chi connectivity index (χ4n) is 1.94. The number of nitrogens with zero attached hydrogens (tertiary/aromatic N) is 1. The van der Waals surface area contributed by atoms with Crippen LogP contribution in [0.4, 0.5) is 0 Å². The zero-order valence-corrected chi connectivity index (χ0v) is 11.0. The molecule has 1 aromatic carbocycles. The third-order valence-corrected chi connectivity index (χ3v) is 2.89. The van der Waals surface area contributed by atoms with Gasteiger partial charge in [-0.2, -0.15) is 0 Å². The first-order valence-corrected chi connectivity index (χ1v) is 6.13. The van der Waals surface area contributed by atoms with Gasteiger partial charge < -0.3 is 5.32 Å². The molecule has 90 valence electrons. The second-order valence-electron chi connectivity index (χ2n) is 4.51. The maximum Gasteiger partial charge on any atom is 0.0236 e. The monoisotopic (exact) mass is 220 g/mol. The van der Waals surface area contributed by atoms with Crippen LogP contribution in [0.1, 0.15) is 31.9 Å². The first kappa shape index (κ1) is 13.2. The molecule has 0 saturated carbocycles. The predicted molar refractivity (Wildman–Crippen MR) is 70.4 cm³/mol. The Morgan fingerprint density at radius 1 is 1.25 bits per heavy atom. The first-order valence-electron chi connectivity index (χ1n) is 6.13. The summed E-state index contributed by atoms with van der Waals surface area (Å²) in [5.74, 6) is 0. The van der Waals surface area contributed by atoms with Gasteiger partial charge in [0.25, 0.3) is 0 Å². The molecule has 1 rings (SSSR count). The highest BCUT2D eigenvalue weighted by Gasteiger charge is 2.07. The fourth-order valence-corrected chi connectivity index (χ4v) is 1.94. The van der Waals surface area contributed by atoms with Crippen LogP contribution in [0.2, 0.25) is 0 Å². The van der Waals surface area contributed by atoms with Crippen LogP contribution in [-0.4, -0.2) is 24.5 Å². The molecule has 2 nitrogen and oxygen atoms in total. The lowest BCUT2D eigenvalue weighted by Gasteiger charge is -2.24. The number of hydrogen-bond donors (Lipinski definition) is 1. The Labute approximate surface area is 99.7 Å². The second-order valence-corrected chi connectivity index (χ2v) is 4.51. The van der Waals surface area contributed by atoms with Crippen molar-refractivity contribution in [3.05, 3.63) is 35.4 Å². The van der Waals surface area contributed by atoms with E-state index in [-0.39, 0.29) is 0 Å². The van der Waals surface area contributed by atoms with Crippen LogP contribution >= 0.6 is 0 Å². The lowest BCUT2D eigenvalue weighted by Crippen LogP contribution is -2.29. The van der Waals surface area contributed by atoms with Gasteiger partial charge in [0.2, 0.25) is 0 Å². The Balaban J connectivity index is 2.68. The SMILES string of the molecule is CCN(Cc1cccc(CNC)c1)C(C)C. The smallest absolute Gasteiger partial charge is 0.0236 e. The minimum atomic E-state index is 0.609. The van der Waals surface area contributed by atoms with Crippen LogP contribution in [0, 0.1) is 0 Å². The Kier molecular flexibility index (Phi) is 5.50. The van der Waals surface area contributed by atoms with Crippen molar-refractivity contribution in [2.45, 2.75) is 39.9 Å². The highest BCUT2D eigenvalue weighted by Crippen LogP contribution is 2.10. The first-order chi connectivity index (χ1) is 7.67. The molecule has 0 fully saturated rings. The van der Waals surface area contributed by atoms with Gasteiger partial charge in [0.1, 0.15) is 0 Å². The molecule has 0 spiro atoms. The minimum absolute atomic E-state index is 0.609. The van der Waals surface area contributed by atoms with Gasteiger partial charge in [0.15, 0.2) is 0 Å². The molecular formula is C14H24N2. The molecule has 0 bridgehead atoms. The molecule has 1 aromatic rings. The second kappa shape index (κ2) is 6.66. The number of rotatable bonds is 6. The molecule has 0 atom stereocenters. The van der Waals surface area contributed by atoms with Crippen LogP contribution in [0.3, 0.4) is 0 Å². The van der Waals surface area contributed by atoms with Gasteiger partial charge in [0.05, 0.1) is 0 Å². The van der Waals surface area contributed by atoms with E-state index in [1.807, 2.05) is 7.05 Å². The largest absolute Gasteiger partial charge is 0.316 e. The van der Waals surface area contributed by atoms with E-state index in [0.717, 1.165) is 19.6 Å². The normalized spacial score (nSPS) is 11.4. The van der Waals surface area contributed by atoms with Gasteiger partial charge in [-0.15, -0.1) is 0 Å². The van der Waals surface area contributed by atoms with Gasteiger partial charge >= 0.3 is 0 Å². The Bertz CT molecular complexity index is 307. The minimum Gasteiger partial charge on any atom is -0.316 e. The van der Waals surface area contributed by atoms with E-state index in [4.69, 9.17) is 0 Å². The van der Waals surface area contributed by atoms with Crippen molar-refractivity contribution in [1.82, 2.24) is 10.2 Å². The molecule has 0 unspecified atom stereocenters. The average molecular weight is 220 g/mol. The van der Waals surface area contributed by atoms with Crippen LogP contribution in [-0.2, 0) is 13.1 Å². The van der Waals surface area contributed by atoms with Crippen molar-refractivity contribution in [2.75, 3.05) is 13.6 Å². The van der Waals surface area contributed by atoms with E-state index in [9.17, 15) is 0 Å². The van der Waals surface area contributed by atoms with Crippen molar-refractivity contribution in [2.24, 2.45) is 0 Å². The maximum absolute atomic E-state index is 3.19. The summed E-state index contributed by atoms with van der Waals surface area (Å²) in [4.78, 5) is 2.47. The summed E-state index contributed by atoms with van der Waals surface area (Å²) >= 11 is 0. The topological polar surface area (TPSA) is 15.3 Å². The molecule has 0 aromatic heterocycles. The van der Waals surface area contributed by atoms with E-state index in [1.165, 1.54) is 11.1 Å². The van der Waals surface area contributed by atoms with E-state index < -0.39 is 0 Å². The summed E-state index contributed by atoms with van der Waals surface area (Å²) in [7, 11) is 1.99. The summed E-state index contributed by atoms with van der Waals surface area (Å²) in [6, 6.07) is 9.44. The van der Waals surface area contributed by atoms with E-state index in [2.05, 4.69) is 55.3 Å². The van der Waals surface area contributed by atoms with Crippen molar-refractivity contribution in [3.63, 3.8) is 0 Å². The molecule has 0 saturated heterocycles. The maximum atomic E-state index is 3.19. The molecule has 0 heterocycles. The molecule has 0 aliphatic rings. The highest BCUT2D eigenvalue weighted by molar-refractivity contribution is 5.23. The summed E-state index contributed by atoms with van der Waals surface area (Å²) in [5, 5.41) is 3.19. The molecule has 0 aliphatic heterocycles. The fraction of sp³-hybridized carbons (Fsp3) is 0.571. The Morgan fingerprint density at radius 3 is 2.50 bits per heavy atom. The lowest BCUT2D eigenvalue weighted by molar-refractivity contribution is 0.225. The Hall–Kier alpha value is -0.860. The summed E-state index contributed by atoms with van der Waals surface area (Å²) in [6.45, 7) is 9.82. The zero-order chi connectivity index (χ0) is 12.0. The third-order valence-electron chi connectivity index (χ3n) is 2.89. The molecule has 16 heavy (non-hydrogen) atoms. The van der Waals surface area contributed by atoms with E-state index in [1.54, 1.807) is 0 Å².